The fourth-order valence-electron chi connectivity index (χ4n) is 3.06. The molecule has 1 unspecified atom stereocenters. The van der Waals surface area contributed by atoms with Gasteiger partial charge in [0.1, 0.15) is 0 Å². The van der Waals surface area contributed by atoms with Gasteiger partial charge < -0.3 is 5.11 Å². The van der Waals surface area contributed by atoms with Crippen LogP contribution in [0.15, 0.2) is 24.3 Å². The average molecular weight is 398 g/mol. The third-order valence-electron chi connectivity index (χ3n) is 4.64. The van der Waals surface area contributed by atoms with Crippen molar-refractivity contribution in [1.82, 2.24) is 0 Å². The number of rotatable bonds is 4. The Balaban J connectivity index is 3.20. The van der Waals surface area contributed by atoms with Crippen LogP contribution in [0, 0.1) is 10.8 Å². The number of hydrogen-bond acceptors (Lipinski definition) is 1. The molecule has 0 aliphatic rings. The lowest BCUT2D eigenvalue weighted by Crippen LogP contribution is -2.58. The molecule has 156 valence electrons. The molecule has 0 bridgehead atoms. The van der Waals surface area contributed by atoms with Crippen LogP contribution in [0.4, 0.5) is 26.3 Å². The van der Waals surface area contributed by atoms with E-state index < -0.39 is 24.4 Å². The van der Waals surface area contributed by atoms with Crippen molar-refractivity contribution in [3.63, 3.8) is 0 Å². The molecular formula is C20H28F6O. The van der Waals surface area contributed by atoms with Gasteiger partial charge >= 0.3 is 12.4 Å². The standard InChI is InChI=1S/C20H28F6O/c1-16(2,3)12-15(17(4,5)6)14-9-7-13(8-10-14)11-18(27,19(21,22)23)20(24,25)26/h7-10,15,27H,11-12H2,1-6H3. The van der Waals surface area contributed by atoms with Gasteiger partial charge in [0, 0.05) is 6.42 Å². The smallest absolute Gasteiger partial charge is 0.373 e. The molecule has 1 aromatic rings. The average Bonchev–Trinajstić information content (AvgIpc) is 2.41. The Labute approximate surface area is 156 Å². The Kier molecular flexibility index (Phi) is 6.43. The molecule has 0 radical (unpaired) electrons. The Hall–Kier alpha value is -1.24. The molecule has 1 aromatic carbocycles. The Bertz CT molecular complexity index is 600. The van der Waals surface area contributed by atoms with Crippen LogP contribution >= 0.6 is 0 Å². The fourth-order valence-corrected chi connectivity index (χ4v) is 3.06. The van der Waals surface area contributed by atoms with Crippen LogP contribution in [0.1, 0.15) is 65.0 Å². The van der Waals surface area contributed by atoms with Gasteiger partial charge in [-0.15, -0.1) is 0 Å². The quantitative estimate of drug-likeness (QED) is 0.563. The number of aliphatic hydroxyl groups is 1. The SMILES string of the molecule is CC(C)(C)CC(c1ccc(CC(O)(C(F)(F)F)C(F)(F)F)cc1)C(C)(C)C. The van der Waals surface area contributed by atoms with Crippen LogP contribution < -0.4 is 0 Å². The van der Waals surface area contributed by atoms with Gasteiger partial charge in [0.15, 0.2) is 0 Å². The maximum atomic E-state index is 12.9. The van der Waals surface area contributed by atoms with Crippen molar-refractivity contribution in [2.45, 2.75) is 78.3 Å². The third-order valence-corrected chi connectivity index (χ3v) is 4.64. The minimum absolute atomic E-state index is 0.00341. The van der Waals surface area contributed by atoms with E-state index in [2.05, 4.69) is 20.8 Å². The molecule has 7 heteroatoms. The molecule has 27 heavy (non-hydrogen) atoms. The highest BCUT2D eigenvalue weighted by Gasteiger charge is 2.70. The molecule has 0 aromatic heterocycles. The van der Waals surface area contributed by atoms with Gasteiger partial charge in [0.25, 0.3) is 5.60 Å². The maximum absolute atomic E-state index is 12.9. The van der Waals surface area contributed by atoms with Gasteiger partial charge in [0.05, 0.1) is 0 Å². The summed E-state index contributed by atoms with van der Waals surface area (Å²) in [5, 5.41) is 9.35. The molecule has 1 N–H and O–H groups in total. The summed E-state index contributed by atoms with van der Waals surface area (Å²) in [7, 11) is 0. The van der Waals surface area contributed by atoms with E-state index in [0.717, 1.165) is 12.0 Å². The van der Waals surface area contributed by atoms with Gasteiger partial charge in [-0.25, -0.2) is 0 Å². The molecule has 0 aliphatic heterocycles. The van der Waals surface area contributed by atoms with Crippen LogP contribution in [0.5, 0.6) is 0 Å². The van der Waals surface area contributed by atoms with Gasteiger partial charge in [-0.2, -0.15) is 26.3 Å². The first-order valence-electron chi connectivity index (χ1n) is 8.73. The lowest BCUT2D eigenvalue weighted by Gasteiger charge is -2.36. The van der Waals surface area contributed by atoms with Crippen LogP contribution in [-0.2, 0) is 6.42 Å². The second kappa shape index (κ2) is 7.30. The van der Waals surface area contributed by atoms with E-state index in [0.29, 0.717) is 0 Å². The van der Waals surface area contributed by atoms with Crippen molar-refractivity contribution in [3.8, 4) is 0 Å². The first kappa shape index (κ1) is 23.8. The molecule has 0 fully saturated rings. The third kappa shape index (κ3) is 5.87. The van der Waals surface area contributed by atoms with E-state index in [4.69, 9.17) is 0 Å². The van der Waals surface area contributed by atoms with E-state index in [1.54, 1.807) is 12.1 Å². The van der Waals surface area contributed by atoms with Gasteiger partial charge in [-0.3, -0.25) is 0 Å². The molecule has 0 spiro atoms. The van der Waals surface area contributed by atoms with Crippen LogP contribution in [0.25, 0.3) is 0 Å². The summed E-state index contributed by atoms with van der Waals surface area (Å²) in [6, 6.07) is 5.59. The van der Waals surface area contributed by atoms with Crippen molar-refractivity contribution in [3.05, 3.63) is 35.4 Å². The lowest BCUT2D eigenvalue weighted by atomic mass is 9.69. The molecule has 0 saturated carbocycles. The topological polar surface area (TPSA) is 20.2 Å². The summed E-state index contributed by atoms with van der Waals surface area (Å²) >= 11 is 0. The first-order valence-corrected chi connectivity index (χ1v) is 8.73. The maximum Gasteiger partial charge on any atom is 0.426 e. The van der Waals surface area contributed by atoms with Gasteiger partial charge in [-0.05, 0) is 34.3 Å². The van der Waals surface area contributed by atoms with Crippen molar-refractivity contribution in [2.24, 2.45) is 10.8 Å². The Morgan fingerprint density at radius 3 is 1.48 bits per heavy atom. The van der Waals surface area contributed by atoms with Crippen molar-refractivity contribution in [1.29, 1.82) is 0 Å². The minimum Gasteiger partial charge on any atom is -0.373 e. The van der Waals surface area contributed by atoms with E-state index >= 15 is 0 Å². The Morgan fingerprint density at radius 1 is 0.778 bits per heavy atom. The second-order valence-corrected chi connectivity index (χ2v) is 9.46. The van der Waals surface area contributed by atoms with Crippen molar-refractivity contribution < 1.29 is 31.4 Å². The number of alkyl halides is 6. The van der Waals surface area contributed by atoms with E-state index in [9.17, 15) is 31.4 Å². The van der Waals surface area contributed by atoms with E-state index in [1.165, 1.54) is 12.1 Å². The van der Waals surface area contributed by atoms with Crippen LogP contribution in [0.3, 0.4) is 0 Å². The predicted octanol–water partition coefficient (Wildman–Crippen LogP) is 6.65. The summed E-state index contributed by atoms with van der Waals surface area (Å²) in [5.74, 6) is 0.0793. The monoisotopic (exact) mass is 398 g/mol. The number of hydrogen-bond donors (Lipinski definition) is 1. The lowest BCUT2D eigenvalue weighted by molar-refractivity contribution is -0.367. The van der Waals surface area contributed by atoms with Crippen molar-refractivity contribution in [2.75, 3.05) is 0 Å². The highest BCUT2D eigenvalue weighted by molar-refractivity contribution is 5.28. The molecule has 0 aliphatic carbocycles. The zero-order valence-electron chi connectivity index (χ0n) is 16.5. The van der Waals surface area contributed by atoms with E-state index in [1.807, 2.05) is 20.8 Å². The van der Waals surface area contributed by atoms with E-state index in [-0.39, 0.29) is 22.3 Å². The highest BCUT2D eigenvalue weighted by atomic mass is 19.4. The molecular weight excluding hydrogens is 370 g/mol. The van der Waals surface area contributed by atoms with Crippen LogP contribution in [0.2, 0.25) is 0 Å². The molecule has 0 heterocycles. The minimum atomic E-state index is -5.82. The molecule has 1 atom stereocenters. The van der Waals surface area contributed by atoms with Gasteiger partial charge in [0.2, 0.25) is 0 Å². The summed E-state index contributed by atoms with van der Waals surface area (Å²) in [4.78, 5) is 0. The second-order valence-electron chi connectivity index (χ2n) is 9.46. The van der Waals surface area contributed by atoms with Crippen molar-refractivity contribution >= 4 is 0 Å². The van der Waals surface area contributed by atoms with Gasteiger partial charge in [-0.1, -0.05) is 65.8 Å². The zero-order chi connectivity index (χ0) is 21.5. The number of benzene rings is 1. The predicted molar refractivity (Wildman–Crippen MR) is 93.5 cm³/mol. The highest BCUT2D eigenvalue weighted by Crippen LogP contribution is 2.46. The molecule has 0 saturated heterocycles. The molecule has 1 nitrogen and oxygen atoms in total. The largest absolute Gasteiger partial charge is 0.426 e. The number of halogens is 6. The fraction of sp³-hybridized carbons (Fsp3) is 0.700. The summed E-state index contributed by atoms with van der Waals surface area (Å²) < 4.78 is 77.2. The zero-order valence-corrected chi connectivity index (χ0v) is 16.5. The summed E-state index contributed by atoms with van der Waals surface area (Å²) in [6.07, 6.45) is -12.4. The normalized spacial score (nSPS) is 15.7. The Morgan fingerprint density at radius 2 is 1.19 bits per heavy atom. The molecule has 1 rings (SSSR count). The van der Waals surface area contributed by atoms with Crippen LogP contribution in [-0.4, -0.2) is 23.1 Å². The first-order chi connectivity index (χ1) is 11.8. The molecule has 0 amide bonds. The summed E-state index contributed by atoms with van der Waals surface area (Å²) in [5.41, 5.74) is -4.27. The summed E-state index contributed by atoms with van der Waals surface area (Å²) in [6.45, 7) is 12.4.